The van der Waals surface area contributed by atoms with E-state index in [1.807, 2.05) is 0 Å². The molecule has 0 fully saturated rings. The van der Waals surface area contributed by atoms with Gasteiger partial charge in [-0.25, -0.2) is 9.59 Å². The Bertz CT molecular complexity index is 899. The molecule has 8 nitrogen and oxygen atoms in total. The lowest BCUT2D eigenvalue weighted by atomic mass is 9.72. The maximum Gasteiger partial charge on any atom is 0.335 e. The lowest BCUT2D eigenvalue weighted by Crippen LogP contribution is -2.44. The predicted octanol–water partition coefficient (Wildman–Crippen LogP) is 2.56. The summed E-state index contributed by atoms with van der Waals surface area (Å²) in [7, 11) is 0. The fourth-order valence-corrected chi connectivity index (χ4v) is 3.15. The van der Waals surface area contributed by atoms with Crippen LogP contribution in [0.3, 0.4) is 0 Å². The lowest BCUT2D eigenvalue weighted by molar-refractivity contribution is -0.164. The van der Waals surface area contributed by atoms with Crippen molar-refractivity contribution in [3.05, 3.63) is 51.0 Å². The molecule has 4 N–H and O–H groups in total. The molecule has 1 aromatic rings. The molecular weight excluding hydrogens is 391 g/mol. The summed E-state index contributed by atoms with van der Waals surface area (Å²) in [6.07, 6.45) is -0.0381. The average Bonchev–Trinajstić information content (AvgIpc) is 2.54. The highest BCUT2D eigenvalue weighted by Crippen LogP contribution is 2.46. The third-order valence-corrected chi connectivity index (χ3v) is 4.59. The fraction of sp³-hybridized carbons (Fsp3) is 0.125. The second-order valence-electron chi connectivity index (χ2n) is 5.37. The molecule has 0 heterocycles. The zero-order valence-corrected chi connectivity index (χ0v) is 14.2. The van der Waals surface area contributed by atoms with Gasteiger partial charge >= 0.3 is 23.9 Å². The number of hydrogen-bond acceptors (Lipinski definition) is 4. The summed E-state index contributed by atoms with van der Waals surface area (Å²) in [5, 5.41) is 36.9. The Morgan fingerprint density at radius 1 is 0.923 bits per heavy atom. The number of carbonyl (C=O) groups is 4. The van der Waals surface area contributed by atoms with Crippen LogP contribution in [0, 0.1) is 5.41 Å². The minimum Gasteiger partial charge on any atom is -0.480 e. The average molecular weight is 401 g/mol. The molecule has 0 aliphatic heterocycles. The van der Waals surface area contributed by atoms with Crippen molar-refractivity contribution in [1.82, 2.24) is 0 Å². The molecule has 0 spiro atoms. The number of carboxylic acids is 4. The molecule has 1 aromatic carbocycles. The van der Waals surface area contributed by atoms with Crippen molar-refractivity contribution >= 4 is 52.7 Å². The summed E-state index contributed by atoms with van der Waals surface area (Å²) >= 11 is 12.1. The SMILES string of the molecule is O=C(O)C1=CC(c2cc(C(=O)O)ccc2Cl)=C(Cl)CC1(C(=O)O)C(=O)O. The van der Waals surface area contributed by atoms with E-state index in [0.29, 0.717) is 0 Å². The Kier molecular flexibility index (Phi) is 5.11. The van der Waals surface area contributed by atoms with Crippen molar-refractivity contribution in [1.29, 1.82) is 0 Å². The largest absolute Gasteiger partial charge is 0.480 e. The van der Waals surface area contributed by atoms with E-state index >= 15 is 0 Å². The molecule has 2 rings (SSSR count). The Morgan fingerprint density at radius 3 is 1.96 bits per heavy atom. The van der Waals surface area contributed by atoms with E-state index in [9.17, 15) is 34.5 Å². The van der Waals surface area contributed by atoms with Crippen molar-refractivity contribution in [2.75, 3.05) is 0 Å². The highest BCUT2D eigenvalue weighted by atomic mass is 35.5. The molecule has 26 heavy (non-hydrogen) atoms. The van der Waals surface area contributed by atoms with Crippen LogP contribution in [0.4, 0.5) is 0 Å². The van der Waals surface area contributed by atoms with Crippen LogP contribution in [0.5, 0.6) is 0 Å². The van der Waals surface area contributed by atoms with Gasteiger partial charge in [0.15, 0.2) is 0 Å². The minimum atomic E-state index is -2.77. The maximum absolute atomic E-state index is 11.6. The van der Waals surface area contributed by atoms with E-state index in [0.717, 1.165) is 12.1 Å². The number of hydrogen-bond donors (Lipinski definition) is 4. The highest BCUT2D eigenvalue weighted by Gasteiger charge is 2.55. The molecule has 0 aromatic heterocycles. The second-order valence-corrected chi connectivity index (χ2v) is 6.24. The zero-order chi connectivity index (χ0) is 19.8. The molecule has 0 amide bonds. The standard InChI is InChI=1S/C16H10Cl2O8/c17-10-2-1-6(12(19)20)3-7(10)8-4-9(13(21)22)16(14(23)24,15(25)26)5-11(8)18/h1-4H,5H2,(H,19,20)(H,21,22)(H,23,24)(H,25,26). The van der Waals surface area contributed by atoms with Crippen LogP contribution in [-0.2, 0) is 14.4 Å². The molecule has 136 valence electrons. The van der Waals surface area contributed by atoms with Gasteiger partial charge in [0.1, 0.15) is 0 Å². The molecule has 10 heteroatoms. The van der Waals surface area contributed by atoms with Crippen LogP contribution in [0.2, 0.25) is 5.02 Å². The number of carboxylic acid groups (broad SMARTS) is 4. The van der Waals surface area contributed by atoms with Crippen LogP contribution in [0.1, 0.15) is 22.3 Å². The Balaban J connectivity index is 2.76. The second kappa shape index (κ2) is 6.81. The summed E-state index contributed by atoms with van der Waals surface area (Å²) in [6.45, 7) is 0. The van der Waals surface area contributed by atoms with Gasteiger partial charge in [0.2, 0.25) is 5.41 Å². The highest BCUT2D eigenvalue weighted by molar-refractivity contribution is 6.37. The number of rotatable bonds is 5. The van der Waals surface area contributed by atoms with Gasteiger partial charge in [-0.15, -0.1) is 0 Å². The lowest BCUT2D eigenvalue weighted by Gasteiger charge is -2.30. The van der Waals surface area contributed by atoms with Gasteiger partial charge in [-0.05, 0) is 29.8 Å². The van der Waals surface area contributed by atoms with Gasteiger partial charge in [-0.1, -0.05) is 23.2 Å². The van der Waals surface area contributed by atoms with Crippen molar-refractivity contribution in [2.24, 2.45) is 5.41 Å². The van der Waals surface area contributed by atoms with E-state index in [-0.39, 0.29) is 26.8 Å². The Morgan fingerprint density at radius 2 is 1.50 bits per heavy atom. The molecule has 1 aliphatic carbocycles. The normalized spacial score (nSPS) is 16.0. The first kappa shape index (κ1) is 19.5. The smallest absolute Gasteiger partial charge is 0.335 e. The molecule has 1 aliphatic rings. The van der Waals surface area contributed by atoms with Gasteiger partial charge in [-0.3, -0.25) is 9.59 Å². The zero-order valence-electron chi connectivity index (χ0n) is 12.7. The Hall–Kier alpha value is -2.84. The van der Waals surface area contributed by atoms with E-state index in [4.69, 9.17) is 28.3 Å². The Labute approximate surface area is 155 Å². The first-order valence-corrected chi connectivity index (χ1v) is 7.62. The summed E-state index contributed by atoms with van der Waals surface area (Å²) in [5.41, 5.74) is -3.88. The minimum absolute atomic E-state index is 0.0299. The monoisotopic (exact) mass is 400 g/mol. The third-order valence-electron chi connectivity index (χ3n) is 3.93. The van der Waals surface area contributed by atoms with Gasteiger partial charge < -0.3 is 20.4 Å². The first-order valence-electron chi connectivity index (χ1n) is 6.86. The van der Waals surface area contributed by atoms with E-state index < -0.39 is 41.3 Å². The molecule has 0 atom stereocenters. The summed E-state index contributed by atoms with van der Waals surface area (Å²) < 4.78 is 0. The number of benzene rings is 1. The van der Waals surface area contributed by atoms with Gasteiger partial charge in [0, 0.05) is 22.0 Å². The van der Waals surface area contributed by atoms with Crippen LogP contribution in [0.15, 0.2) is 34.9 Å². The van der Waals surface area contributed by atoms with Crippen LogP contribution < -0.4 is 0 Å². The van der Waals surface area contributed by atoms with Gasteiger partial charge in [-0.2, -0.15) is 0 Å². The van der Waals surface area contributed by atoms with Crippen LogP contribution in [-0.4, -0.2) is 44.3 Å². The number of aromatic carboxylic acids is 1. The van der Waals surface area contributed by atoms with Crippen molar-refractivity contribution in [3.63, 3.8) is 0 Å². The number of allylic oxidation sites excluding steroid dienone is 3. The van der Waals surface area contributed by atoms with Gasteiger partial charge in [0.25, 0.3) is 0 Å². The summed E-state index contributed by atoms with van der Waals surface area (Å²) in [4.78, 5) is 45.8. The molecule has 0 saturated carbocycles. The third kappa shape index (κ3) is 3.04. The topological polar surface area (TPSA) is 149 Å². The maximum atomic E-state index is 11.6. The molecular formula is C16H10Cl2O8. The van der Waals surface area contributed by atoms with Crippen molar-refractivity contribution in [3.8, 4) is 0 Å². The molecule has 0 unspecified atom stereocenters. The fourth-order valence-electron chi connectivity index (χ4n) is 2.58. The van der Waals surface area contributed by atoms with Crippen molar-refractivity contribution in [2.45, 2.75) is 6.42 Å². The van der Waals surface area contributed by atoms with E-state index in [1.165, 1.54) is 12.1 Å². The summed E-state index contributed by atoms with van der Waals surface area (Å²) in [6, 6.07) is 3.60. The molecule has 0 saturated heterocycles. The quantitative estimate of drug-likeness (QED) is 0.550. The molecule has 0 radical (unpaired) electrons. The predicted molar refractivity (Wildman–Crippen MR) is 89.2 cm³/mol. The van der Waals surface area contributed by atoms with Gasteiger partial charge in [0.05, 0.1) is 11.1 Å². The van der Waals surface area contributed by atoms with E-state index in [1.54, 1.807) is 0 Å². The first-order chi connectivity index (χ1) is 12.0. The van der Waals surface area contributed by atoms with E-state index in [2.05, 4.69) is 0 Å². The molecule has 0 bridgehead atoms. The number of halogens is 2. The van der Waals surface area contributed by atoms with Crippen LogP contribution in [0.25, 0.3) is 5.57 Å². The summed E-state index contributed by atoms with van der Waals surface area (Å²) in [5.74, 6) is -6.81. The number of aliphatic carboxylic acids is 3. The van der Waals surface area contributed by atoms with Crippen molar-refractivity contribution < 1.29 is 39.6 Å². The van der Waals surface area contributed by atoms with Crippen LogP contribution >= 0.6 is 23.2 Å².